The lowest BCUT2D eigenvalue weighted by Gasteiger charge is -2.12. The van der Waals surface area contributed by atoms with E-state index in [9.17, 15) is 19.8 Å². The zero-order valence-corrected chi connectivity index (χ0v) is 19.4. The summed E-state index contributed by atoms with van der Waals surface area (Å²) in [5, 5.41) is 23.0. The highest BCUT2D eigenvalue weighted by atomic mass is 16.6. The van der Waals surface area contributed by atoms with Gasteiger partial charge in [0.15, 0.2) is 11.5 Å². The van der Waals surface area contributed by atoms with E-state index >= 15 is 0 Å². The molecule has 0 spiro atoms. The van der Waals surface area contributed by atoms with E-state index in [1.165, 1.54) is 18.3 Å². The van der Waals surface area contributed by atoms with Crippen LogP contribution in [0.1, 0.15) is 46.5 Å². The monoisotopic (exact) mass is 478 g/mol. The molecule has 0 aromatic heterocycles. The first-order valence-corrected chi connectivity index (χ1v) is 11.0. The summed E-state index contributed by atoms with van der Waals surface area (Å²) in [6.07, 6.45) is 2.26. The minimum atomic E-state index is -0.652. The number of hydrogen-bond acceptors (Lipinski definition) is 8. The number of nitrogens with zero attached hydrogens (tertiary/aromatic N) is 1. The fourth-order valence-electron chi connectivity index (χ4n) is 2.96. The normalized spacial score (nSPS) is 10.7. The predicted octanol–water partition coefficient (Wildman–Crippen LogP) is 4.27. The standard InChI is InChI=1S/C26H26N2O7/c1-3-13-34-20-9-6-18(7-10-20)26(32)35-23-12-5-17(14-24(23)33-4-2)16-27-28-25(31)21-11-8-19(29)15-22(21)30/h5-12,14-16,29-30H,3-4,13H2,1-2H3,(H,28,31)/b27-16+. The molecule has 35 heavy (non-hydrogen) atoms. The van der Waals surface area contributed by atoms with Crippen LogP contribution in [0.15, 0.2) is 65.8 Å². The number of phenolic OH excluding ortho intramolecular Hbond substituents is 2. The second-order valence-corrected chi connectivity index (χ2v) is 7.30. The van der Waals surface area contributed by atoms with Crippen molar-refractivity contribution < 1.29 is 34.0 Å². The van der Waals surface area contributed by atoms with Crippen LogP contribution in [0.5, 0.6) is 28.7 Å². The third-order valence-corrected chi connectivity index (χ3v) is 4.64. The van der Waals surface area contributed by atoms with Crippen LogP contribution >= 0.6 is 0 Å². The lowest BCUT2D eigenvalue weighted by atomic mass is 10.2. The lowest BCUT2D eigenvalue weighted by molar-refractivity contribution is 0.0728. The summed E-state index contributed by atoms with van der Waals surface area (Å²) >= 11 is 0. The molecule has 0 bridgehead atoms. The molecular weight excluding hydrogens is 452 g/mol. The average Bonchev–Trinajstić information content (AvgIpc) is 2.84. The number of carbonyl (C=O) groups excluding carboxylic acids is 2. The van der Waals surface area contributed by atoms with Gasteiger partial charge in [-0.15, -0.1) is 0 Å². The van der Waals surface area contributed by atoms with Crippen molar-refractivity contribution in [3.63, 3.8) is 0 Å². The molecule has 0 atom stereocenters. The van der Waals surface area contributed by atoms with Crippen molar-refractivity contribution in [1.29, 1.82) is 0 Å². The number of amides is 1. The maximum atomic E-state index is 12.6. The summed E-state index contributed by atoms with van der Waals surface area (Å²) in [6.45, 7) is 4.75. The third-order valence-electron chi connectivity index (χ3n) is 4.64. The van der Waals surface area contributed by atoms with Crippen LogP contribution < -0.4 is 19.6 Å². The number of phenols is 2. The molecule has 0 radical (unpaired) electrons. The van der Waals surface area contributed by atoms with Crippen molar-refractivity contribution in [1.82, 2.24) is 5.43 Å². The quantitative estimate of drug-likeness (QED) is 0.172. The first-order chi connectivity index (χ1) is 16.9. The van der Waals surface area contributed by atoms with Crippen molar-refractivity contribution in [3.05, 3.63) is 77.4 Å². The molecule has 0 unspecified atom stereocenters. The minimum absolute atomic E-state index is 0.0397. The van der Waals surface area contributed by atoms with Crippen molar-refractivity contribution in [2.24, 2.45) is 5.10 Å². The molecule has 3 rings (SSSR count). The van der Waals surface area contributed by atoms with Crippen LogP contribution in [-0.4, -0.2) is 41.5 Å². The Morgan fingerprint density at radius 3 is 2.40 bits per heavy atom. The average molecular weight is 479 g/mol. The van der Waals surface area contributed by atoms with Gasteiger partial charge >= 0.3 is 5.97 Å². The van der Waals surface area contributed by atoms with E-state index in [0.717, 1.165) is 12.5 Å². The number of aromatic hydroxyl groups is 2. The Kier molecular flexibility index (Phi) is 8.66. The third kappa shape index (κ3) is 6.97. The summed E-state index contributed by atoms with van der Waals surface area (Å²) in [5.41, 5.74) is 3.19. The van der Waals surface area contributed by atoms with Gasteiger partial charge in [-0.2, -0.15) is 5.10 Å². The van der Waals surface area contributed by atoms with Gasteiger partial charge in [0.1, 0.15) is 17.2 Å². The first-order valence-electron chi connectivity index (χ1n) is 11.0. The zero-order chi connectivity index (χ0) is 25.2. The molecule has 0 aliphatic carbocycles. The maximum absolute atomic E-state index is 12.6. The van der Waals surface area contributed by atoms with E-state index < -0.39 is 11.9 Å². The highest BCUT2D eigenvalue weighted by Crippen LogP contribution is 2.29. The minimum Gasteiger partial charge on any atom is -0.508 e. The number of benzene rings is 3. The molecule has 0 heterocycles. The van der Waals surface area contributed by atoms with Crippen LogP contribution in [0.3, 0.4) is 0 Å². The summed E-state index contributed by atoms with van der Waals surface area (Å²) in [5.74, 6) is -0.491. The molecule has 3 aromatic rings. The molecule has 0 saturated carbocycles. The molecule has 3 N–H and O–H groups in total. The molecule has 1 amide bonds. The largest absolute Gasteiger partial charge is 0.508 e. The molecular formula is C26H26N2O7. The second-order valence-electron chi connectivity index (χ2n) is 7.30. The summed E-state index contributed by atoms with van der Waals surface area (Å²) in [7, 11) is 0. The number of esters is 1. The zero-order valence-electron chi connectivity index (χ0n) is 19.4. The van der Waals surface area contributed by atoms with Crippen molar-refractivity contribution >= 4 is 18.1 Å². The SMILES string of the molecule is CCCOc1ccc(C(=O)Oc2ccc(/C=N/NC(=O)c3ccc(O)cc3O)cc2OCC)cc1. The van der Waals surface area contributed by atoms with Gasteiger partial charge in [-0.1, -0.05) is 6.92 Å². The Morgan fingerprint density at radius 1 is 0.943 bits per heavy atom. The number of rotatable bonds is 10. The lowest BCUT2D eigenvalue weighted by Crippen LogP contribution is -2.17. The van der Waals surface area contributed by atoms with Gasteiger partial charge in [0.25, 0.3) is 5.91 Å². The first kappa shape index (κ1) is 25.1. The van der Waals surface area contributed by atoms with E-state index in [2.05, 4.69) is 10.5 Å². The van der Waals surface area contributed by atoms with Crippen LogP contribution in [0.4, 0.5) is 0 Å². The molecule has 0 saturated heterocycles. The highest BCUT2D eigenvalue weighted by molar-refractivity contribution is 5.97. The number of ether oxygens (including phenoxy) is 3. The Hall–Kier alpha value is -4.53. The number of nitrogens with one attached hydrogen (secondary N) is 1. The summed E-state index contributed by atoms with van der Waals surface area (Å²) in [4.78, 5) is 24.7. The molecule has 0 aliphatic heterocycles. The van der Waals surface area contributed by atoms with Crippen molar-refractivity contribution in [2.45, 2.75) is 20.3 Å². The van der Waals surface area contributed by atoms with Gasteiger partial charge in [-0.3, -0.25) is 4.79 Å². The molecule has 3 aromatic carbocycles. The highest BCUT2D eigenvalue weighted by Gasteiger charge is 2.14. The van der Waals surface area contributed by atoms with E-state index in [1.54, 1.807) is 49.4 Å². The Bertz CT molecular complexity index is 1210. The Balaban J connectivity index is 1.67. The maximum Gasteiger partial charge on any atom is 0.343 e. The van der Waals surface area contributed by atoms with Gasteiger partial charge in [0.05, 0.1) is 30.6 Å². The van der Waals surface area contributed by atoms with E-state index in [-0.39, 0.29) is 22.8 Å². The van der Waals surface area contributed by atoms with E-state index in [4.69, 9.17) is 14.2 Å². The summed E-state index contributed by atoms with van der Waals surface area (Å²) in [6, 6.07) is 15.1. The molecule has 182 valence electrons. The molecule has 0 aliphatic rings. The fourth-order valence-corrected chi connectivity index (χ4v) is 2.96. The van der Waals surface area contributed by atoms with Gasteiger partial charge in [0.2, 0.25) is 0 Å². The van der Waals surface area contributed by atoms with E-state index in [0.29, 0.717) is 35.8 Å². The van der Waals surface area contributed by atoms with Crippen molar-refractivity contribution in [2.75, 3.05) is 13.2 Å². The van der Waals surface area contributed by atoms with Crippen LogP contribution in [0.25, 0.3) is 0 Å². The number of hydrazone groups is 1. The Labute approximate surface area is 202 Å². The van der Waals surface area contributed by atoms with Gasteiger partial charge < -0.3 is 24.4 Å². The molecule has 9 heteroatoms. The number of hydrogen-bond donors (Lipinski definition) is 3. The van der Waals surface area contributed by atoms with Crippen LogP contribution in [0.2, 0.25) is 0 Å². The smallest absolute Gasteiger partial charge is 0.343 e. The van der Waals surface area contributed by atoms with Crippen LogP contribution in [0, 0.1) is 0 Å². The van der Waals surface area contributed by atoms with E-state index in [1.807, 2.05) is 6.92 Å². The molecule has 0 fully saturated rings. The Morgan fingerprint density at radius 2 is 1.71 bits per heavy atom. The van der Waals surface area contributed by atoms with Gasteiger partial charge in [0, 0.05) is 6.07 Å². The topological polar surface area (TPSA) is 127 Å². The van der Waals surface area contributed by atoms with Gasteiger partial charge in [-0.05, 0) is 73.5 Å². The fraction of sp³-hybridized carbons (Fsp3) is 0.192. The predicted molar refractivity (Wildman–Crippen MR) is 130 cm³/mol. The second kappa shape index (κ2) is 12.1. The van der Waals surface area contributed by atoms with Gasteiger partial charge in [-0.25, -0.2) is 10.2 Å². The number of carbonyl (C=O) groups is 2. The molecule has 9 nitrogen and oxygen atoms in total. The van der Waals surface area contributed by atoms with Crippen molar-refractivity contribution in [3.8, 4) is 28.7 Å². The summed E-state index contributed by atoms with van der Waals surface area (Å²) < 4.78 is 16.6. The van der Waals surface area contributed by atoms with Crippen LogP contribution in [-0.2, 0) is 0 Å².